The topological polar surface area (TPSA) is 237 Å². The first kappa shape index (κ1) is 94.1. The molecule has 570 valence electrons. The van der Waals surface area contributed by atoms with Crippen molar-refractivity contribution >= 4 is 39.5 Å². The number of aliphatic hydroxyl groups is 1. The van der Waals surface area contributed by atoms with Crippen molar-refractivity contribution in [1.82, 2.24) is 0 Å². The molecule has 0 rings (SSSR count). The van der Waals surface area contributed by atoms with Crippen LogP contribution in [0.2, 0.25) is 0 Å². The van der Waals surface area contributed by atoms with Crippen LogP contribution < -0.4 is 0 Å². The highest BCUT2D eigenvalue weighted by atomic mass is 31.2. The lowest BCUT2D eigenvalue weighted by molar-refractivity contribution is -0.161. The highest BCUT2D eigenvalue weighted by Crippen LogP contribution is 2.45. The van der Waals surface area contributed by atoms with E-state index in [9.17, 15) is 43.2 Å². The Balaban J connectivity index is 5.11. The van der Waals surface area contributed by atoms with Gasteiger partial charge in [-0.25, -0.2) is 9.13 Å². The maximum atomic E-state index is 13.1. The first-order valence-corrected chi connectivity index (χ1v) is 43.1. The van der Waals surface area contributed by atoms with Crippen LogP contribution in [-0.4, -0.2) is 96.7 Å². The molecule has 96 heavy (non-hydrogen) atoms. The van der Waals surface area contributed by atoms with Gasteiger partial charge in [0.15, 0.2) is 12.2 Å². The van der Waals surface area contributed by atoms with E-state index in [0.29, 0.717) is 25.7 Å². The van der Waals surface area contributed by atoms with Crippen molar-refractivity contribution in [2.45, 2.75) is 425 Å². The zero-order valence-corrected chi connectivity index (χ0v) is 64.3. The monoisotopic (exact) mass is 1410 g/mol. The summed E-state index contributed by atoms with van der Waals surface area (Å²) in [4.78, 5) is 72.6. The van der Waals surface area contributed by atoms with Gasteiger partial charge in [0.25, 0.3) is 0 Å². The van der Waals surface area contributed by atoms with Crippen LogP contribution in [0.1, 0.15) is 407 Å². The van der Waals surface area contributed by atoms with Crippen LogP contribution in [-0.2, 0) is 65.4 Å². The third-order valence-electron chi connectivity index (χ3n) is 18.0. The summed E-state index contributed by atoms with van der Waals surface area (Å²) < 4.78 is 68.3. The minimum atomic E-state index is -4.96. The number of unbranched alkanes of at least 4 members (excludes halogenated alkanes) is 49. The van der Waals surface area contributed by atoms with Crippen molar-refractivity contribution in [3.05, 3.63) is 0 Å². The molecular formula is C77H150O17P2. The minimum absolute atomic E-state index is 0.108. The second-order valence-corrected chi connectivity index (χ2v) is 31.1. The van der Waals surface area contributed by atoms with Crippen molar-refractivity contribution in [2.24, 2.45) is 5.92 Å². The molecule has 0 aromatic rings. The van der Waals surface area contributed by atoms with Gasteiger partial charge in [0, 0.05) is 25.7 Å². The van der Waals surface area contributed by atoms with Gasteiger partial charge in [0.2, 0.25) is 0 Å². The van der Waals surface area contributed by atoms with Crippen LogP contribution in [0.25, 0.3) is 0 Å². The lowest BCUT2D eigenvalue weighted by Crippen LogP contribution is -2.30. The fourth-order valence-corrected chi connectivity index (χ4v) is 13.5. The molecule has 0 heterocycles. The normalized spacial score (nSPS) is 13.9. The van der Waals surface area contributed by atoms with Crippen LogP contribution in [0, 0.1) is 5.92 Å². The second kappa shape index (κ2) is 70.1. The van der Waals surface area contributed by atoms with Crippen molar-refractivity contribution in [2.75, 3.05) is 39.6 Å². The average molecular weight is 1410 g/mol. The fourth-order valence-electron chi connectivity index (χ4n) is 11.9. The van der Waals surface area contributed by atoms with Gasteiger partial charge in [-0.05, 0) is 31.6 Å². The van der Waals surface area contributed by atoms with Crippen LogP contribution >= 0.6 is 15.6 Å². The number of hydrogen-bond acceptors (Lipinski definition) is 15. The van der Waals surface area contributed by atoms with Gasteiger partial charge in [-0.2, -0.15) is 0 Å². The number of carbonyl (C=O) groups is 4. The van der Waals surface area contributed by atoms with E-state index in [1.54, 1.807) is 0 Å². The molecule has 3 N–H and O–H groups in total. The van der Waals surface area contributed by atoms with Crippen LogP contribution in [0.4, 0.5) is 0 Å². The number of aliphatic hydroxyl groups excluding tert-OH is 1. The summed E-state index contributed by atoms with van der Waals surface area (Å²) in [6.07, 6.45) is 60.1. The molecule has 0 amide bonds. The molecule has 0 radical (unpaired) electrons. The van der Waals surface area contributed by atoms with Crippen molar-refractivity contribution < 1.29 is 80.2 Å². The molecule has 0 bridgehead atoms. The molecule has 0 saturated heterocycles. The first-order valence-electron chi connectivity index (χ1n) is 40.1. The largest absolute Gasteiger partial charge is 0.472 e. The molecular weight excluding hydrogens is 1260 g/mol. The van der Waals surface area contributed by atoms with E-state index in [2.05, 4.69) is 34.6 Å². The van der Waals surface area contributed by atoms with Gasteiger partial charge in [-0.1, -0.05) is 356 Å². The molecule has 0 fully saturated rings. The lowest BCUT2D eigenvalue weighted by Gasteiger charge is -2.21. The molecule has 0 aliphatic rings. The summed E-state index contributed by atoms with van der Waals surface area (Å²) in [5.74, 6) is -1.30. The third-order valence-corrected chi connectivity index (χ3v) is 19.9. The summed E-state index contributed by atoms with van der Waals surface area (Å²) in [5, 5.41) is 10.6. The quantitative estimate of drug-likeness (QED) is 0.0222. The molecule has 0 aromatic carbocycles. The Labute approximate surface area is 588 Å². The van der Waals surface area contributed by atoms with Crippen molar-refractivity contribution in [1.29, 1.82) is 0 Å². The molecule has 2 unspecified atom stereocenters. The van der Waals surface area contributed by atoms with E-state index in [4.69, 9.17) is 37.0 Å². The first-order chi connectivity index (χ1) is 46.5. The zero-order valence-electron chi connectivity index (χ0n) is 62.5. The maximum Gasteiger partial charge on any atom is 0.472 e. The van der Waals surface area contributed by atoms with Gasteiger partial charge < -0.3 is 33.8 Å². The molecule has 5 atom stereocenters. The SMILES string of the molecule is CCCCCCCCCCCCCCCCCC(=O)OC[C@H](COP(=O)(O)OC[C@@H](O)COP(=O)(O)OC[C@@H](COC(=O)CCCCCCC)OC(=O)CCCCCCCCCCCCCCCCC)OC(=O)CCCCCCCCCCCCCCCCCCCCC(C)C. The maximum absolute atomic E-state index is 13.1. The summed E-state index contributed by atoms with van der Waals surface area (Å²) in [6.45, 7) is 7.26. The highest BCUT2D eigenvalue weighted by molar-refractivity contribution is 7.47. The minimum Gasteiger partial charge on any atom is -0.462 e. The third kappa shape index (κ3) is 70.5. The molecule has 0 saturated carbocycles. The average Bonchev–Trinajstić information content (AvgIpc) is 1.12. The van der Waals surface area contributed by atoms with E-state index >= 15 is 0 Å². The Kier molecular flexibility index (Phi) is 68.7. The standard InChI is InChI=1S/C77H150O17P2/c1-6-9-12-15-17-19-21-23-29-34-38-42-46-51-56-61-75(80)88-67-73(94-77(82)63-58-53-48-44-40-36-32-28-26-25-27-31-33-37-41-45-50-54-59-70(4)5)69-92-96(85,86)90-65-71(78)64-89-95(83,84)91-68-72(66-87-74(79)60-55-49-14-11-8-3)93-76(81)62-57-52-47-43-39-35-30-24-22-20-18-16-13-10-7-2/h70-73,78H,6-69H2,1-5H3,(H,83,84)(H,85,86)/t71-,72+,73+/m0/s1. The van der Waals surface area contributed by atoms with E-state index in [-0.39, 0.29) is 25.7 Å². The number of phosphoric acid groups is 2. The Morgan fingerprint density at radius 2 is 0.479 bits per heavy atom. The zero-order chi connectivity index (χ0) is 70.5. The van der Waals surface area contributed by atoms with E-state index < -0.39 is 97.5 Å². The Hall–Kier alpha value is -1.94. The number of phosphoric ester groups is 2. The number of ether oxygens (including phenoxy) is 4. The van der Waals surface area contributed by atoms with Gasteiger partial charge in [0.05, 0.1) is 26.4 Å². The second-order valence-electron chi connectivity index (χ2n) is 28.2. The molecule has 17 nitrogen and oxygen atoms in total. The van der Waals surface area contributed by atoms with E-state index in [0.717, 1.165) is 102 Å². The van der Waals surface area contributed by atoms with Gasteiger partial charge >= 0.3 is 39.5 Å². The Morgan fingerprint density at radius 3 is 0.708 bits per heavy atom. The van der Waals surface area contributed by atoms with Gasteiger partial charge in [-0.15, -0.1) is 0 Å². The molecule has 0 aromatic heterocycles. The highest BCUT2D eigenvalue weighted by Gasteiger charge is 2.30. The number of esters is 4. The number of hydrogen-bond donors (Lipinski definition) is 3. The lowest BCUT2D eigenvalue weighted by atomic mass is 10.0. The van der Waals surface area contributed by atoms with E-state index in [1.807, 2.05) is 0 Å². The van der Waals surface area contributed by atoms with Gasteiger partial charge in [-0.3, -0.25) is 37.3 Å². The summed E-state index contributed by atoms with van der Waals surface area (Å²) in [5.41, 5.74) is 0. The van der Waals surface area contributed by atoms with Crippen LogP contribution in [0.15, 0.2) is 0 Å². The summed E-state index contributed by atoms with van der Waals surface area (Å²) >= 11 is 0. The molecule has 0 aliphatic carbocycles. The molecule has 0 spiro atoms. The predicted molar refractivity (Wildman–Crippen MR) is 391 cm³/mol. The Bertz CT molecular complexity index is 1840. The fraction of sp³-hybridized carbons (Fsp3) is 0.948. The summed E-state index contributed by atoms with van der Waals surface area (Å²) in [7, 11) is -9.90. The molecule has 19 heteroatoms. The molecule has 0 aliphatic heterocycles. The van der Waals surface area contributed by atoms with Gasteiger partial charge in [0.1, 0.15) is 19.3 Å². The Morgan fingerprint density at radius 1 is 0.281 bits per heavy atom. The number of rotatable bonds is 77. The number of carbonyl (C=O) groups excluding carboxylic acids is 4. The van der Waals surface area contributed by atoms with Crippen LogP contribution in [0.3, 0.4) is 0 Å². The predicted octanol–water partition coefficient (Wildman–Crippen LogP) is 22.9. The summed E-state index contributed by atoms with van der Waals surface area (Å²) in [6, 6.07) is 0. The van der Waals surface area contributed by atoms with Crippen molar-refractivity contribution in [3.8, 4) is 0 Å². The smallest absolute Gasteiger partial charge is 0.462 e. The van der Waals surface area contributed by atoms with Crippen LogP contribution in [0.5, 0.6) is 0 Å². The van der Waals surface area contributed by atoms with E-state index in [1.165, 1.54) is 225 Å². The van der Waals surface area contributed by atoms with Crippen molar-refractivity contribution in [3.63, 3.8) is 0 Å².